The Bertz CT molecular complexity index is 820. The van der Waals surface area contributed by atoms with Crippen LogP contribution in [0, 0.1) is 13.8 Å². The summed E-state index contributed by atoms with van der Waals surface area (Å²) in [5.41, 5.74) is 2.15. The number of nitrogens with one attached hydrogen (secondary N) is 1. The third kappa shape index (κ3) is 5.36. The van der Waals surface area contributed by atoms with Gasteiger partial charge in [0.15, 0.2) is 5.16 Å². The molecule has 7 heteroatoms. The van der Waals surface area contributed by atoms with Gasteiger partial charge in [0, 0.05) is 24.7 Å². The van der Waals surface area contributed by atoms with E-state index >= 15 is 0 Å². The van der Waals surface area contributed by atoms with Crippen LogP contribution in [0.15, 0.2) is 34.2 Å². The topological polar surface area (TPSA) is 75.3 Å². The molecule has 0 fully saturated rings. The molecule has 0 aliphatic heterocycles. The van der Waals surface area contributed by atoms with Crippen molar-refractivity contribution in [1.29, 1.82) is 0 Å². The maximum absolute atomic E-state index is 12.3. The fourth-order valence-electron chi connectivity index (χ4n) is 2.53. The molecule has 1 N–H and O–H groups in total. The van der Waals surface area contributed by atoms with Gasteiger partial charge >= 0.3 is 0 Å². The number of thioether (sulfide) groups is 1. The first-order valence-corrected chi connectivity index (χ1v) is 9.71. The van der Waals surface area contributed by atoms with E-state index in [0.717, 1.165) is 11.3 Å². The van der Waals surface area contributed by atoms with Crippen molar-refractivity contribution >= 4 is 17.7 Å². The molecule has 2 aromatic rings. The fraction of sp³-hybridized carbons (Fsp3) is 0.421. The molecule has 2 rings (SSSR count). The second-order valence-electron chi connectivity index (χ2n) is 6.07. The first kappa shape index (κ1) is 20.0. The van der Waals surface area contributed by atoms with Crippen molar-refractivity contribution in [3.8, 4) is 5.75 Å². The highest BCUT2D eigenvalue weighted by atomic mass is 32.2. The number of amides is 1. The van der Waals surface area contributed by atoms with E-state index in [9.17, 15) is 9.59 Å². The zero-order valence-electron chi connectivity index (χ0n) is 15.7. The van der Waals surface area contributed by atoms with E-state index in [2.05, 4.69) is 9.97 Å². The molecule has 0 spiro atoms. The standard InChI is InChI=1S/C19H25N3O3S/c1-13-7-5-6-8-16(13)25-12-11-22(3)17(23)10-9-15-14(2)20-19(26-4)21-18(15)24/h5-8H,9-12H2,1-4H3,(H,20,21,24). The number of rotatable bonds is 8. The number of benzene rings is 1. The van der Waals surface area contributed by atoms with Crippen LogP contribution in [0.2, 0.25) is 0 Å². The SMILES string of the molecule is CSc1nc(C)c(CCC(=O)N(C)CCOc2ccccc2C)c(=O)[nH]1. The lowest BCUT2D eigenvalue weighted by Crippen LogP contribution is -2.31. The molecule has 1 aromatic carbocycles. The van der Waals surface area contributed by atoms with Crippen molar-refractivity contribution in [3.63, 3.8) is 0 Å². The maximum Gasteiger partial charge on any atom is 0.254 e. The number of para-hydroxylation sites is 1. The second kappa shape index (κ2) is 9.43. The number of carbonyl (C=O) groups is 1. The molecule has 0 aliphatic carbocycles. The van der Waals surface area contributed by atoms with E-state index < -0.39 is 0 Å². The van der Waals surface area contributed by atoms with E-state index in [-0.39, 0.29) is 17.9 Å². The van der Waals surface area contributed by atoms with Crippen molar-refractivity contribution < 1.29 is 9.53 Å². The Morgan fingerprint density at radius 2 is 2.04 bits per heavy atom. The molecule has 1 heterocycles. The minimum Gasteiger partial charge on any atom is -0.491 e. The summed E-state index contributed by atoms with van der Waals surface area (Å²) < 4.78 is 5.72. The van der Waals surface area contributed by atoms with Gasteiger partial charge in [0.25, 0.3) is 5.56 Å². The Labute approximate surface area is 158 Å². The molecule has 0 bridgehead atoms. The lowest BCUT2D eigenvalue weighted by molar-refractivity contribution is -0.130. The second-order valence-corrected chi connectivity index (χ2v) is 6.86. The highest BCUT2D eigenvalue weighted by Crippen LogP contribution is 2.16. The predicted molar refractivity (Wildman–Crippen MR) is 104 cm³/mol. The Balaban J connectivity index is 1.84. The van der Waals surface area contributed by atoms with Gasteiger partial charge in [-0.1, -0.05) is 30.0 Å². The van der Waals surface area contributed by atoms with E-state index in [1.54, 1.807) is 18.9 Å². The smallest absolute Gasteiger partial charge is 0.254 e. The molecule has 0 unspecified atom stereocenters. The normalized spacial score (nSPS) is 10.6. The molecule has 1 aromatic heterocycles. The molecule has 0 saturated heterocycles. The molecule has 0 atom stereocenters. The molecule has 1 amide bonds. The lowest BCUT2D eigenvalue weighted by Gasteiger charge is -2.18. The quantitative estimate of drug-likeness (QED) is 0.567. The van der Waals surface area contributed by atoms with E-state index in [0.29, 0.717) is 36.0 Å². The summed E-state index contributed by atoms with van der Waals surface area (Å²) in [6, 6.07) is 7.79. The zero-order valence-corrected chi connectivity index (χ0v) is 16.5. The van der Waals surface area contributed by atoms with Gasteiger partial charge in [-0.15, -0.1) is 0 Å². The van der Waals surface area contributed by atoms with Crippen LogP contribution in [0.1, 0.15) is 23.2 Å². The van der Waals surface area contributed by atoms with Gasteiger partial charge in [0.2, 0.25) is 5.91 Å². The van der Waals surface area contributed by atoms with E-state index in [4.69, 9.17) is 4.74 Å². The summed E-state index contributed by atoms with van der Waals surface area (Å²) in [6.07, 6.45) is 2.50. The van der Waals surface area contributed by atoms with Crippen molar-refractivity contribution in [2.75, 3.05) is 26.5 Å². The number of nitrogens with zero attached hydrogens (tertiary/aromatic N) is 2. The monoisotopic (exact) mass is 375 g/mol. The number of likely N-dealkylation sites (N-methyl/N-ethyl adjacent to an activating group) is 1. The van der Waals surface area contributed by atoms with Gasteiger partial charge in [-0.3, -0.25) is 9.59 Å². The van der Waals surface area contributed by atoms with Crippen LogP contribution in [0.5, 0.6) is 5.75 Å². The minimum absolute atomic E-state index is 0.0221. The predicted octanol–water partition coefficient (Wildman–Crippen LogP) is 2.58. The number of aromatic amines is 1. The van der Waals surface area contributed by atoms with Crippen LogP contribution < -0.4 is 10.3 Å². The van der Waals surface area contributed by atoms with Gasteiger partial charge in [0.1, 0.15) is 12.4 Å². The Hall–Kier alpha value is -2.28. The highest BCUT2D eigenvalue weighted by molar-refractivity contribution is 7.98. The van der Waals surface area contributed by atoms with Gasteiger partial charge in [-0.25, -0.2) is 4.98 Å². The maximum atomic E-state index is 12.3. The number of hydrogen-bond acceptors (Lipinski definition) is 5. The van der Waals surface area contributed by atoms with Crippen molar-refractivity contribution in [2.45, 2.75) is 31.8 Å². The zero-order chi connectivity index (χ0) is 19.1. The minimum atomic E-state index is -0.166. The Morgan fingerprint density at radius 1 is 1.31 bits per heavy atom. The van der Waals surface area contributed by atoms with Gasteiger partial charge in [-0.2, -0.15) is 0 Å². The Kier molecular flexibility index (Phi) is 7.26. The number of aromatic nitrogens is 2. The average Bonchev–Trinajstić information content (AvgIpc) is 2.62. The molecular weight excluding hydrogens is 350 g/mol. The molecule has 0 saturated carbocycles. The summed E-state index contributed by atoms with van der Waals surface area (Å²) in [5.74, 6) is 0.807. The van der Waals surface area contributed by atoms with Crippen LogP contribution in [0.3, 0.4) is 0 Å². The van der Waals surface area contributed by atoms with Gasteiger partial charge < -0.3 is 14.6 Å². The summed E-state index contributed by atoms with van der Waals surface area (Å²) in [7, 11) is 1.75. The highest BCUT2D eigenvalue weighted by Gasteiger charge is 2.13. The average molecular weight is 375 g/mol. The van der Waals surface area contributed by atoms with Crippen LogP contribution in [-0.4, -0.2) is 47.2 Å². The third-order valence-electron chi connectivity index (χ3n) is 4.19. The number of carbonyl (C=O) groups excluding carboxylic acids is 1. The fourth-order valence-corrected chi connectivity index (χ4v) is 2.96. The first-order valence-electron chi connectivity index (χ1n) is 8.48. The number of H-pyrrole nitrogens is 1. The number of aryl methyl sites for hydroxylation is 2. The lowest BCUT2D eigenvalue weighted by atomic mass is 10.1. The summed E-state index contributed by atoms with van der Waals surface area (Å²) >= 11 is 1.39. The van der Waals surface area contributed by atoms with E-state index in [1.165, 1.54) is 11.8 Å². The third-order valence-corrected chi connectivity index (χ3v) is 4.77. The number of hydrogen-bond donors (Lipinski definition) is 1. The van der Waals surface area contributed by atoms with Crippen LogP contribution >= 0.6 is 11.8 Å². The molecular formula is C19H25N3O3S. The summed E-state index contributed by atoms with van der Waals surface area (Å²) in [5, 5.41) is 0.591. The largest absolute Gasteiger partial charge is 0.491 e. The Morgan fingerprint density at radius 3 is 2.69 bits per heavy atom. The van der Waals surface area contributed by atoms with Gasteiger partial charge in [-0.05, 0) is 38.2 Å². The first-order chi connectivity index (χ1) is 12.4. The summed E-state index contributed by atoms with van der Waals surface area (Å²) in [4.78, 5) is 33.1. The van der Waals surface area contributed by atoms with Crippen LogP contribution in [0.25, 0.3) is 0 Å². The van der Waals surface area contributed by atoms with Crippen LogP contribution in [0.4, 0.5) is 0 Å². The molecule has 0 radical (unpaired) electrons. The number of ether oxygens (including phenoxy) is 1. The van der Waals surface area contributed by atoms with Gasteiger partial charge in [0.05, 0.1) is 6.54 Å². The summed E-state index contributed by atoms with van der Waals surface area (Å²) in [6.45, 7) is 4.71. The van der Waals surface area contributed by atoms with E-state index in [1.807, 2.05) is 37.4 Å². The van der Waals surface area contributed by atoms with Crippen molar-refractivity contribution in [3.05, 3.63) is 51.4 Å². The molecule has 0 aliphatic rings. The van der Waals surface area contributed by atoms with Crippen molar-refractivity contribution in [2.24, 2.45) is 0 Å². The molecule has 140 valence electrons. The molecule has 6 nitrogen and oxygen atoms in total. The van der Waals surface area contributed by atoms with Crippen molar-refractivity contribution in [1.82, 2.24) is 14.9 Å². The van der Waals surface area contributed by atoms with Crippen LogP contribution in [-0.2, 0) is 11.2 Å². The molecule has 26 heavy (non-hydrogen) atoms.